The Kier molecular flexibility index (Phi) is 2.44. The monoisotopic (exact) mass is 265 g/mol. The van der Waals surface area contributed by atoms with Crippen molar-refractivity contribution in [3.05, 3.63) is 39.9 Å². The first-order chi connectivity index (χ1) is 7.06. The van der Waals surface area contributed by atoms with Crippen LogP contribution in [-0.2, 0) is 9.59 Å². The minimum absolute atomic E-state index is 0.336. The molecule has 1 aromatic rings. The second-order valence-corrected chi connectivity index (χ2v) is 4.31. The molecular weight excluding hydrogens is 258 g/mol. The van der Waals surface area contributed by atoms with Crippen LogP contribution in [0, 0.1) is 6.92 Å². The van der Waals surface area contributed by atoms with Crippen molar-refractivity contribution in [2.24, 2.45) is 0 Å². The Morgan fingerprint density at radius 2 is 1.93 bits per heavy atom. The molecule has 0 radical (unpaired) electrons. The van der Waals surface area contributed by atoms with Gasteiger partial charge in [-0.3, -0.25) is 14.9 Å². The van der Waals surface area contributed by atoms with E-state index in [9.17, 15) is 9.59 Å². The fourth-order valence-corrected chi connectivity index (χ4v) is 2.13. The van der Waals surface area contributed by atoms with Crippen LogP contribution in [0.1, 0.15) is 11.1 Å². The lowest BCUT2D eigenvalue weighted by molar-refractivity contribution is -0.123. The quantitative estimate of drug-likeness (QED) is 0.788. The van der Waals surface area contributed by atoms with Gasteiger partial charge in [0.15, 0.2) is 0 Å². The molecule has 1 heterocycles. The van der Waals surface area contributed by atoms with Gasteiger partial charge in [-0.05, 0) is 30.2 Å². The molecule has 1 aromatic carbocycles. The van der Waals surface area contributed by atoms with Crippen LogP contribution in [0.3, 0.4) is 0 Å². The number of nitrogens with one attached hydrogen (secondary N) is 1. The molecule has 2 amide bonds. The zero-order valence-corrected chi connectivity index (χ0v) is 9.59. The summed E-state index contributed by atoms with van der Waals surface area (Å²) in [7, 11) is 0. The Morgan fingerprint density at radius 1 is 1.20 bits per heavy atom. The molecule has 0 bridgehead atoms. The van der Waals surface area contributed by atoms with E-state index in [-0.39, 0.29) is 11.8 Å². The van der Waals surface area contributed by atoms with Crippen LogP contribution in [0.25, 0.3) is 5.57 Å². The van der Waals surface area contributed by atoms with Crippen molar-refractivity contribution < 1.29 is 9.59 Å². The number of carbonyl (C=O) groups excluding carboxylic acids is 2. The van der Waals surface area contributed by atoms with Gasteiger partial charge in [-0.15, -0.1) is 0 Å². The molecule has 15 heavy (non-hydrogen) atoms. The second-order valence-electron chi connectivity index (χ2n) is 3.39. The van der Waals surface area contributed by atoms with E-state index < -0.39 is 0 Å². The molecule has 4 heteroatoms. The van der Waals surface area contributed by atoms with Crippen molar-refractivity contribution in [1.29, 1.82) is 0 Å². The van der Waals surface area contributed by atoms with Crippen molar-refractivity contribution in [2.45, 2.75) is 6.92 Å². The Bertz CT molecular complexity index is 471. The van der Waals surface area contributed by atoms with E-state index in [0.717, 1.165) is 15.6 Å². The molecule has 1 aliphatic rings. The first-order valence-corrected chi connectivity index (χ1v) is 5.20. The van der Waals surface area contributed by atoms with Crippen molar-refractivity contribution in [2.75, 3.05) is 0 Å². The van der Waals surface area contributed by atoms with Crippen molar-refractivity contribution in [1.82, 2.24) is 5.32 Å². The highest BCUT2D eigenvalue weighted by Crippen LogP contribution is 2.23. The Balaban J connectivity index is 2.50. The van der Waals surface area contributed by atoms with Crippen LogP contribution in [0.15, 0.2) is 28.7 Å². The van der Waals surface area contributed by atoms with E-state index >= 15 is 0 Å². The lowest BCUT2D eigenvalue weighted by Crippen LogP contribution is -2.21. The number of aryl methyl sites for hydroxylation is 1. The summed E-state index contributed by atoms with van der Waals surface area (Å²) in [6.45, 7) is 1.93. The third-order valence-corrected chi connectivity index (χ3v) is 2.57. The molecule has 0 aliphatic carbocycles. The van der Waals surface area contributed by atoms with Crippen LogP contribution in [0.4, 0.5) is 0 Å². The van der Waals surface area contributed by atoms with Crippen LogP contribution >= 0.6 is 15.9 Å². The Morgan fingerprint density at radius 3 is 2.47 bits per heavy atom. The summed E-state index contributed by atoms with van der Waals surface area (Å²) >= 11 is 3.35. The maximum Gasteiger partial charge on any atom is 0.258 e. The van der Waals surface area contributed by atoms with Crippen molar-refractivity contribution in [3.63, 3.8) is 0 Å². The van der Waals surface area contributed by atoms with E-state index in [1.807, 2.05) is 25.1 Å². The first-order valence-electron chi connectivity index (χ1n) is 4.41. The molecule has 0 saturated carbocycles. The Labute approximate surface area is 95.3 Å². The van der Waals surface area contributed by atoms with Crippen LogP contribution in [0.5, 0.6) is 0 Å². The largest absolute Gasteiger partial charge is 0.289 e. The van der Waals surface area contributed by atoms with Gasteiger partial charge in [-0.25, -0.2) is 0 Å². The molecule has 0 saturated heterocycles. The van der Waals surface area contributed by atoms with Gasteiger partial charge >= 0.3 is 0 Å². The van der Waals surface area contributed by atoms with Gasteiger partial charge in [0, 0.05) is 10.5 Å². The molecule has 0 spiro atoms. The van der Waals surface area contributed by atoms with E-state index in [4.69, 9.17) is 0 Å². The van der Waals surface area contributed by atoms with Gasteiger partial charge < -0.3 is 0 Å². The molecule has 2 rings (SSSR count). The predicted octanol–water partition coefficient (Wildman–Crippen LogP) is 1.80. The summed E-state index contributed by atoms with van der Waals surface area (Å²) in [5.41, 5.74) is 2.21. The minimum Gasteiger partial charge on any atom is -0.289 e. The maximum absolute atomic E-state index is 11.4. The molecule has 1 N–H and O–H groups in total. The number of carbonyl (C=O) groups is 2. The summed E-state index contributed by atoms with van der Waals surface area (Å²) in [6.07, 6.45) is 1.32. The number of halogens is 1. The van der Waals surface area contributed by atoms with Gasteiger partial charge in [0.05, 0.1) is 5.57 Å². The summed E-state index contributed by atoms with van der Waals surface area (Å²) < 4.78 is 0.894. The summed E-state index contributed by atoms with van der Waals surface area (Å²) in [6, 6.07) is 5.63. The highest BCUT2D eigenvalue weighted by Gasteiger charge is 2.22. The number of benzene rings is 1. The molecule has 3 nitrogen and oxygen atoms in total. The number of hydrogen-bond acceptors (Lipinski definition) is 2. The summed E-state index contributed by atoms with van der Waals surface area (Å²) in [5.74, 6) is -0.690. The predicted molar refractivity (Wildman–Crippen MR) is 60.0 cm³/mol. The van der Waals surface area contributed by atoms with E-state index in [2.05, 4.69) is 21.2 Å². The van der Waals surface area contributed by atoms with Crippen molar-refractivity contribution >= 4 is 33.3 Å². The average Bonchev–Trinajstić information content (AvgIpc) is 2.43. The maximum atomic E-state index is 11.4. The van der Waals surface area contributed by atoms with Crippen LogP contribution in [-0.4, -0.2) is 11.8 Å². The summed E-state index contributed by atoms with van der Waals surface area (Å²) in [4.78, 5) is 22.4. The second kappa shape index (κ2) is 3.62. The van der Waals surface area contributed by atoms with E-state index in [1.165, 1.54) is 6.08 Å². The third kappa shape index (κ3) is 1.99. The zero-order chi connectivity index (χ0) is 11.0. The van der Waals surface area contributed by atoms with Crippen LogP contribution in [0.2, 0.25) is 0 Å². The third-order valence-electron chi connectivity index (χ3n) is 2.11. The number of amides is 2. The highest BCUT2D eigenvalue weighted by molar-refractivity contribution is 9.10. The van der Waals surface area contributed by atoms with Gasteiger partial charge in [0.2, 0.25) is 0 Å². The van der Waals surface area contributed by atoms with Gasteiger partial charge in [-0.1, -0.05) is 22.0 Å². The molecule has 76 valence electrons. The van der Waals surface area contributed by atoms with E-state index in [0.29, 0.717) is 5.57 Å². The van der Waals surface area contributed by atoms with Crippen LogP contribution < -0.4 is 5.32 Å². The van der Waals surface area contributed by atoms with Crippen molar-refractivity contribution in [3.8, 4) is 0 Å². The first kappa shape index (κ1) is 10.1. The normalized spacial score (nSPS) is 15.2. The lowest BCUT2D eigenvalue weighted by Gasteiger charge is -2.03. The molecule has 1 aliphatic heterocycles. The smallest absolute Gasteiger partial charge is 0.258 e. The molecular formula is C11H8BrNO2. The molecule has 0 aromatic heterocycles. The van der Waals surface area contributed by atoms with E-state index in [1.54, 1.807) is 0 Å². The zero-order valence-electron chi connectivity index (χ0n) is 8.00. The molecule has 0 atom stereocenters. The van der Waals surface area contributed by atoms with Gasteiger partial charge in [-0.2, -0.15) is 0 Å². The SMILES string of the molecule is Cc1cc(Br)cc(C2=CC(=O)NC2=O)c1. The van der Waals surface area contributed by atoms with Gasteiger partial charge in [0.1, 0.15) is 0 Å². The fraction of sp³-hybridized carbons (Fsp3) is 0.0909. The molecule has 0 fully saturated rings. The Hall–Kier alpha value is -1.42. The molecule has 0 unspecified atom stereocenters. The minimum atomic E-state index is -0.354. The topological polar surface area (TPSA) is 46.2 Å². The van der Waals surface area contributed by atoms with Gasteiger partial charge in [0.25, 0.3) is 11.8 Å². The number of imide groups is 1. The fourth-order valence-electron chi connectivity index (χ4n) is 1.52. The standard InChI is InChI=1S/C11H8BrNO2/c1-6-2-7(4-8(12)3-6)9-5-10(14)13-11(9)15/h2-5H,1H3,(H,13,14,15). The highest BCUT2D eigenvalue weighted by atomic mass is 79.9. The lowest BCUT2D eigenvalue weighted by atomic mass is 10.0. The summed E-state index contributed by atoms with van der Waals surface area (Å²) in [5, 5.41) is 2.22. The average molecular weight is 266 g/mol. The number of rotatable bonds is 1. The number of hydrogen-bond donors (Lipinski definition) is 1.